The number of unbranched alkanes of at least 4 members (excludes halogenated alkanes) is 38. The molecule has 0 heterocycles. The minimum atomic E-state index is -1.31. The molecule has 6 nitrogen and oxygen atoms in total. The summed E-state index contributed by atoms with van der Waals surface area (Å²) in [6, 6.07) is 9.75. The summed E-state index contributed by atoms with van der Waals surface area (Å²) in [7, 11) is 0. The molecule has 2 aromatic carbocycles. The zero-order valence-electron chi connectivity index (χ0n) is 42.4. The van der Waals surface area contributed by atoms with Crippen LogP contribution < -0.4 is 10.2 Å². The third-order valence-corrected chi connectivity index (χ3v) is 13.3. The molecule has 2 aromatic rings. The number of hydrogen-bond acceptors (Lipinski definition) is 6. The molecule has 0 aromatic heterocycles. The minimum Gasteiger partial charge on any atom is -0.545 e. The van der Waals surface area contributed by atoms with Crippen LogP contribution in [0.15, 0.2) is 36.4 Å². The summed E-state index contributed by atoms with van der Waals surface area (Å²) in [6.07, 6.45) is 55.8. The van der Waals surface area contributed by atoms with E-state index in [4.69, 9.17) is 0 Å². The summed E-state index contributed by atoms with van der Waals surface area (Å²) in [6.45, 7) is 4.56. The van der Waals surface area contributed by atoms with Crippen LogP contribution in [0.4, 0.5) is 0 Å². The maximum Gasteiger partial charge on any atom is 2.00 e. The first kappa shape index (κ1) is 63.2. The van der Waals surface area contributed by atoms with Crippen LogP contribution in [0.2, 0.25) is 0 Å². The molecule has 368 valence electrons. The number of carboxylic acid groups (broad SMARTS) is 2. The van der Waals surface area contributed by atoms with Gasteiger partial charge in [0.2, 0.25) is 0 Å². The Labute approximate surface area is 430 Å². The molecule has 0 fully saturated rings. The fourth-order valence-corrected chi connectivity index (χ4v) is 9.06. The molecule has 0 amide bonds. The maximum absolute atomic E-state index is 11.0. The Morgan fingerprint density at radius 1 is 0.338 bits per heavy atom. The van der Waals surface area contributed by atoms with Crippen LogP contribution in [0.1, 0.15) is 303 Å². The van der Waals surface area contributed by atoms with E-state index in [-0.39, 0.29) is 60.4 Å². The van der Waals surface area contributed by atoms with Gasteiger partial charge in [-0.3, -0.25) is 0 Å². The van der Waals surface area contributed by atoms with E-state index >= 15 is 0 Å². The van der Waals surface area contributed by atoms with Gasteiger partial charge in [0, 0.05) is 11.1 Å². The minimum absolute atomic E-state index is 0. The Kier molecular flexibility index (Phi) is 46.0. The summed E-state index contributed by atoms with van der Waals surface area (Å²) in [5.74, 6) is -2.86. The number of aromatic carboxylic acids is 2. The monoisotopic (exact) mass is 931 g/mol. The van der Waals surface area contributed by atoms with Crippen molar-refractivity contribution in [3.63, 3.8) is 0 Å². The van der Waals surface area contributed by atoms with E-state index in [1.807, 2.05) is 0 Å². The van der Waals surface area contributed by atoms with E-state index in [2.05, 4.69) is 13.8 Å². The molecule has 65 heavy (non-hydrogen) atoms. The molecule has 0 aliphatic rings. The predicted octanol–water partition coefficient (Wildman–Crippen LogP) is 15.9. The van der Waals surface area contributed by atoms with Crippen LogP contribution in [-0.2, 0) is 12.8 Å². The van der Waals surface area contributed by atoms with Crippen molar-refractivity contribution in [2.24, 2.45) is 0 Å². The maximum atomic E-state index is 11.0. The van der Waals surface area contributed by atoms with E-state index in [1.165, 1.54) is 243 Å². The van der Waals surface area contributed by atoms with Crippen molar-refractivity contribution >= 4 is 49.7 Å². The Balaban J connectivity index is 0.00000124. The van der Waals surface area contributed by atoms with E-state index in [0.29, 0.717) is 11.1 Å². The average molecular weight is 931 g/mol. The largest absolute Gasteiger partial charge is 2.00 e. The Hall–Kier alpha value is -1.76. The standard InChI is InChI=1S/2C29H50O3.Ca/c2*1-2-3-4-5-6-7-8-9-10-11-12-13-14-15-16-17-18-19-20-21-23-26-24-22-25-27(28(26)30)29(31)32;/h2*22,24-25,30H,2-21,23H2,1H3,(H,31,32);/q;;+2/p-2. The first-order chi connectivity index (χ1) is 31.3. The van der Waals surface area contributed by atoms with Crippen LogP contribution in [-0.4, -0.2) is 59.9 Å². The molecule has 2 rings (SSSR count). The molecule has 0 aliphatic carbocycles. The molecule has 0 aliphatic heterocycles. The quantitative estimate of drug-likeness (QED) is 0.0504. The van der Waals surface area contributed by atoms with E-state index in [9.17, 15) is 30.0 Å². The Morgan fingerprint density at radius 3 is 0.708 bits per heavy atom. The number of para-hydroxylation sites is 2. The number of aryl methyl sites for hydroxylation is 2. The molecule has 0 saturated heterocycles. The van der Waals surface area contributed by atoms with Crippen molar-refractivity contribution in [3.05, 3.63) is 58.7 Å². The number of carboxylic acids is 2. The smallest absolute Gasteiger partial charge is 0.545 e. The van der Waals surface area contributed by atoms with Crippen LogP contribution in [0.5, 0.6) is 11.5 Å². The van der Waals surface area contributed by atoms with Gasteiger partial charge in [-0.25, -0.2) is 0 Å². The third-order valence-electron chi connectivity index (χ3n) is 13.3. The van der Waals surface area contributed by atoms with Crippen molar-refractivity contribution in [2.45, 2.75) is 284 Å². The van der Waals surface area contributed by atoms with E-state index in [0.717, 1.165) is 38.5 Å². The van der Waals surface area contributed by atoms with Crippen molar-refractivity contribution in [2.75, 3.05) is 0 Å². The third kappa shape index (κ3) is 36.9. The second-order valence-electron chi connectivity index (χ2n) is 19.1. The summed E-state index contributed by atoms with van der Waals surface area (Å²) >= 11 is 0. The summed E-state index contributed by atoms with van der Waals surface area (Å²) in [4.78, 5) is 21.9. The normalized spacial score (nSPS) is 11.0. The zero-order chi connectivity index (χ0) is 46.6. The summed E-state index contributed by atoms with van der Waals surface area (Å²) in [5, 5.41) is 41.9. The van der Waals surface area contributed by atoms with Crippen molar-refractivity contribution in [1.82, 2.24) is 0 Å². The number of hydrogen-bond donors (Lipinski definition) is 2. The summed E-state index contributed by atoms with van der Waals surface area (Å²) in [5.41, 5.74) is 1.23. The van der Waals surface area contributed by atoms with Gasteiger partial charge < -0.3 is 30.0 Å². The van der Waals surface area contributed by atoms with Gasteiger partial charge in [0.05, 0.1) is 11.9 Å². The van der Waals surface area contributed by atoms with Crippen LogP contribution in [0.25, 0.3) is 0 Å². The van der Waals surface area contributed by atoms with Gasteiger partial charge in [-0.2, -0.15) is 0 Å². The van der Waals surface area contributed by atoms with Crippen molar-refractivity contribution in [1.29, 1.82) is 0 Å². The van der Waals surface area contributed by atoms with Gasteiger partial charge in [0.1, 0.15) is 11.5 Å². The van der Waals surface area contributed by atoms with Crippen molar-refractivity contribution in [3.8, 4) is 11.5 Å². The molecule has 0 saturated carbocycles. The average Bonchev–Trinajstić information content (AvgIpc) is 3.28. The second kappa shape index (κ2) is 47.3. The van der Waals surface area contributed by atoms with Crippen molar-refractivity contribution < 1.29 is 30.0 Å². The zero-order valence-corrected chi connectivity index (χ0v) is 44.6. The number of benzene rings is 2. The fraction of sp³-hybridized carbons (Fsp3) is 0.759. The van der Waals surface area contributed by atoms with Crippen LogP contribution in [0, 0.1) is 0 Å². The first-order valence-corrected chi connectivity index (χ1v) is 27.4. The summed E-state index contributed by atoms with van der Waals surface area (Å²) < 4.78 is 0. The molecule has 0 spiro atoms. The number of aromatic hydroxyl groups is 2. The van der Waals surface area contributed by atoms with Gasteiger partial charge in [0.15, 0.2) is 0 Å². The molecular weight excluding hydrogens is 833 g/mol. The molecule has 0 radical (unpaired) electrons. The fourth-order valence-electron chi connectivity index (χ4n) is 9.06. The Morgan fingerprint density at radius 2 is 0.523 bits per heavy atom. The number of carbonyl (C=O) groups excluding carboxylic acids is 2. The molecule has 2 N–H and O–H groups in total. The van der Waals surface area contributed by atoms with Crippen LogP contribution >= 0.6 is 0 Å². The SMILES string of the molecule is CCCCCCCCCCCCCCCCCCCCCCc1cccc(C(=O)[O-])c1O.CCCCCCCCCCCCCCCCCCCCCCc1cccc(C(=O)[O-])c1O.[Ca+2]. The van der Waals surface area contributed by atoms with E-state index < -0.39 is 11.9 Å². The second-order valence-corrected chi connectivity index (χ2v) is 19.1. The van der Waals surface area contributed by atoms with Gasteiger partial charge >= 0.3 is 37.7 Å². The molecule has 7 heteroatoms. The Bertz CT molecular complexity index is 1270. The predicted molar refractivity (Wildman–Crippen MR) is 274 cm³/mol. The van der Waals surface area contributed by atoms with Gasteiger partial charge in [0.25, 0.3) is 0 Å². The van der Waals surface area contributed by atoms with Crippen LogP contribution in [0.3, 0.4) is 0 Å². The molecule has 0 bridgehead atoms. The number of carbonyl (C=O) groups is 2. The molecule has 0 atom stereocenters. The van der Waals surface area contributed by atoms with Gasteiger partial charge in [-0.05, 0) is 48.9 Å². The molecule has 0 unspecified atom stereocenters. The van der Waals surface area contributed by atoms with Gasteiger partial charge in [-0.15, -0.1) is 0 Å². The first-order valence-electron chi connectivity index (χ1n) is 27.4. The number of rotatable bonds is 44. The molecular formula is C58H98CaO6. The van der Waals surface area contributed by atoms with Gasteiger partial charge in [-0.1, -0.05) is 282 Å². The topological polar surface area (TPSA) is 121 Å². The van der Waals surface area contributed by atoms with E-state index in [1.54, 1.807) is 24.3 Å². The number of phenols is 2.